The van der Waals surface area contributed by atoms with Crippen molar-refractivity contribution < 1.29 is 19.1 Å². The van der Waals surface area contributed by atoms with Gasteiger partial charge >= 0.3 is 11.9 Å². The fraction of sp³-hybridized carbons (Fsp3) is 0.364. The van der Waals surface area contributed by atoms with Gasteiger partial charge in [-0.25, -0.2) is 0 Å². The van der Waals surface area contributed by atoms with E-state index in [9.17, 15) is 9.59 Å². The molecule has 0 radical (unpaired) electrons. The first kappa shape index (κ1) is 13.6. The molecule has 1 heterocycles. The third kappa shape index (κ3) is 3.81. The Morgan fingerprint density at radius 2 is 1.94 bits per heavy atom. The lowest BCUT2D eigenvalue weighted by molar-refractivity contribution is -0.158. The summed E-state index contributed by atoms with van der Waals surface area (Å²) >= 11 is 3.29. The van der Waals surface area contributed by atoms with Crippen molar-refractivity contribution in [1.82, 2.24) is 4.98 Å². The average Bonchev–Trinajstić information content (AvgIpc) is 2.34. The number of halogens is 1. The lowest BCUT2D eigenvalue weighted by Gasteiger charge is -2.11. The normalized spacial score (nSPS) is 10.1. The first-order valence-corrected chi connectivity index (χ1v) is 5.64. The van der Waals surface area contributed by atoms with Crippen molar-refractivity contribution in [2.24, 2.45) is 5.92 Å². The predicted molar refractivity (Wildman–Crippen MR) is 63.2 cm³/mol. The summed E-state index contributed by atoms with van der Waals surface area (Å²) in [5, 5.41) is 0. The van der Waals surface area contributed by atoms with Crippen molar-refractivity contribution in [2.75, 3.05) is 14.2 Å². The van der Waals surface area contributed by atoms with Crippen LogP contribution in [0.3, 0.4) is 0 Å². The quantitative estimate of drug-likeness (QED) is 0.620. The summed E-state index contributed by atoms with van der Waals surface area (Å²) in [5.41, 5.74) is 0.611. The molecule has 0 spiro atoms. The zero-order valence-electron chi connectivity index (χ0n) is 9.47. The van der Waals surface area contributed by atoms with Crippen LogP contribution in [0.25, 0.3) is 0 Å². The molecule has 0 aliphatic rings. The number of pyridine rings is 1. The molecule has 0 saturated carbocycles. The van der Waals surface area contributed by atoms with E-state index in [0.29, 0.717) is 5.69 Å². The van der Waals surface area contributed by atoms with Crippen LogP contribution in [-0.4, -0.2) is 31.1 Å². The average molecular weight is 302 g/mol. The Balaban J connectivity index is 2.86. The van der Waals surface area contributed by atoms with Crippen molar-refractivity contribution in [1.29, 1.82) is 0 Å². The Morgan fingerprint density at radius 3 is 2.41 bits per heavy atom. The number of ether oxygens (including phenoxy) is 2. The second-order valence-corrected chi connectivity index (χ2v) is 4.18. The van der Waals surface area contributed by atoms with Crippen LogP contribution in [0.2, 0.25) is 0 Å². The van der Waals surface area contributed by atoms with Gasteiger partial charge in [0.15, 0.2) is 5.92 Å². The Bertz CT molecular complexity index is 406. The Morgan fingerprint density at radius 1 is 1.35 bits per heavy atom. The summed E-state index contributed by atoms with van der Waals surface area (Å²) in [4.78, 5) is 26.9. The number of carbonyl (C=O) groups is 2. The molecule has 5 nitrogen and oxygen atoms in total. The van der Waals surface area contributed by atoms with E-state index < -0.39 is 17.9 Å². The van der Waals surface area contributed by atoms with E-state index >= 15 is 0 Å². The number of carbonyl (C=O) groups excluding carboxylic acids is 2. The molecule has 17 heavy (non-hydrogen) atoms. The smallest absolute Gasteiger partial charge is 0.320 e. The summed E-state index contributed by atoms with van der Waals surface area (Å²) in [6.07, 6.45) is 1.74. The molecule has 0 bridgehead atoms. The van der Waals surface area contributed by atoms with Gasteiger partial charge in [0.2, 0.25) is 0 Å². The number of esters is 2. The van der Waals surface area contributed by atoms with E-state index in [2.05, 4.69) is 30.4 Å². The van der Waals surface area contributed by atoms with Crippen molar-refractivity contribution in [3.8, 4) is 0 Å². The third-order valence-corrected chi connectivity index (χ3v) is 2.66. The van der Waals surface area contributed by atoms with Crippen molar-refractivity contribution >= 4 is 27.9 Å². The van der Waals surface area contributed by atoms with E-state index in [-0.39, 0.29) is 6.42 Å². The lowest BCUT2D eigenvalue weighted by atomic mass is 10.0. The van der Waals surface area contributed by atoms with Crippen LogP contribution >= 0.6 is 15.9 Å². The summed E-state index contributed by atoms with van der Waals surface area (Å²) in [6.45, 7) is 0. The SMILES string of the molecule is COC(=O)C(Cc1cc(Br)ccn1)C(=O)OC. The first-order valence-electron chi connectivity index (χ1n) is 4.84. The molecule has 0 N–H and O–H groups in total. The summed E-state index contributed by atoms with van der Waals surface area (Å²) in [6, 6.07) is 3.49. The zero-order valence-corrected chi connectivity index (χ0v) is 11.1. The van der Waals surface area contributed by atoms with Crippen LogP contribution in [0.15, 0.2) is 22.8 Å². The third-order valence-electron chi connectivity index (χ3n) is 2.16. The number of hydrogen-bond acceptors (Lipinski definition) is 5. The van der Waals surface area contributed by atoms with Crippen LogP contribution in [0.4, 0.5) is 0 Å². The number of rotatable bonds is 4. The van der Waals surface area contributed by atoms with Crippen LogP contribution in [0.1, 0.15) is 5.69 Å². The van der Waals surface area contributed by atoms with Gasteiger partial charge in [-0.15, -0.1) is 0 Å². The summed E-state index contributed by atoms with van der Waals surface area (Å²) in [7, 11) is 2.46. The molecule has 0 aromatic carbocycles. The monoisotopic (exact) mass is 301 g/mol. The van der Waals surface area contributed by atoms with Gasteiger partial charge in [0, 0.05) is 22.8 Å². The number of nitrogens with zero attached hydrogens (tertiary/aromatic N) is 1. The highest BCUT2D eigenvalue weighted by Crippen LogP contribution is 2.14. The molecule has 1 aromatic heterocycles. The molecule has 0 aliphatic heterocycles. The van der Waals surface area contributed by atoms with Crippen LogP contribution in [-0.2, 0) is 25.5 Å². The second-order valence-electron chi connectivity index (χ2n) is 3.27. The maximum absolute atomic E-state index is 11.4. The highest BCUT2D eigenvalue weighted by molar-refractivity contribution is 9.10. The van der Waals surface area contributed by atoms with Gasteiger partial charge in [-0.3, -0.25) is 14.6 Å². The fourth-order valence-corrected chi connectivity index (χ4v) is 1.70. The first-order chi connectivity index (χ1) is 8.08. The minimum atomic E-state index is -0.980. The van der Waals surface area contributed by atoms with E-state index in [0.717, 1.165) is 4.47 Å². The highest BCUT2D eigenvalue weighted by Gasteiger charge is 2.29. The van der Waals surface area contributed by atoms with Gasteiger partial charge in [-0.05, 0) is 12.1 Å². The zero-order chi connectivity index (χ0) is 12.8. The van der Waals surface area contributed by atoms with Crippen molar-refractivity contribution in [3.63, 3.8) is 0 Å². The maximum atomic E-state index is 11.4. The molecule has 92 valence electrons. The fourth-order valence-electron chi connectivity index (χ4n) is 1.32. The van der Waals surface area contributed by atoms with Gasteiger partial charge in [0.25, 0.3) is 0 Å². The standard InChI is InChI=1S/C11H12BrNO4/c1-16-10(14)9(11(15)17-2)6-8-5-7(12)3-4-13-8/h3-5,9H,6H2,1-2H3. The Labute approximate surface area is 107 Å². The predicted octanol–water partition coefficient (Wildman–Crippen LogP) is 1.35. The second kappa shape index (κ2) is 6.34. The summed E-state index contributed by atoms with van der Waals surface area (Å²) < 4.78 is 9.95. The summed E-state index contributed by atoms with van der Waals surface area (Å²) in [5.74, 6) is -2.23. The largest absolute Gasteiger partial charge is 0.468 e. The molecule has 0 saturated heterocycles. The topological polar surface area (TPSA) is 65.5 Å². The minimum absolute atomic E-state index is 0.152. The van der Waals surface area contributed by atoms with E-state index in [4.69, 9.17) is 0 Å². The van der Waals surface area contributed by atoms with Crippen LogP contribution in [0, 0.1) is 5.92 Å². The van der Waals surface area contributed by atoms with Gasteiger partial charge in [-0.1, -0.05) is 15.9 Å². The van der Waals surface area contributed by atoms with Crippen molar-refractivity contribution in [2.45, 2.75) is 6.42 Å². The Kier molecular flexibility index (Phi) is 5.09. The number of methoxy groups -OCH3 is 2. The molecule has 0 unspecified atom stereocenters. The maximum Gasteiger partial charge on any atom is 0.320 e. The van der Waals surface area contributed by atoms with E-state index in [1.807, 2.05) is 0 Å². The van der Waals surface area contributed by atoms with E-state index in [1.54, 1.807) is 18.3 Å². The highest BCUT2D eigenvalue weighted by atomic mass is 79.9. The van der Waals surface area contributed by atoms with Gasteiger partial charge in [-0.2, -0.15) is 0 Å². The molecule has 1 aromatic rings. The molecule has 1 rings (SSSR count). The molecule has 0 amide bonds. The van der Waals surface area contributed by atoms with Gasteiger partial charge in [0.05, 0.1) is 14.2 Å². The molecular formula is C11H12BrNO4. The minimum Gasteiger partial charge on any atom is -0.468 e. The molecule has 6 heteroatoms. The molecule has 0 atom stereocenters. The van der Waals surface area contributed by atoms with Gasteiger partial charge in [0.1, 0.15) is 0 Å². The molecular weight excluding hydrogens is 290 g/mol. The molecule has 0 aliphatic carbocycles. The van der Waals surface area contributed by atoms with Gasteiger partial charge < -0.3 is 9.47 Å². The van der Waals surface area contributed by atoms with E-state index in [1.165, 1.54) is 14.2 Å². The molecule has 0 fully saturated rings. The number of hydrogen-bond donors (Lipinski definition) is 0. The lowest BCUT2D eigenvalue weighted by Crippen LogP contribution is -2.28. The number of aromatic nitrogens is 1. The van der Waals surface area contributed by atoms with Crippen molar-refractivity contribution in [3.05, 3.63) is 28.5 Å². The van der Waals surface area contributed by atoms with Crippen LogP contribution < -0.4 is 0 Å². The Hall–Kier alpha value is -1.43. The van der Waals surface area contributed by atoms with Crippen LogP contribution in [0.5, 0.6) is 0 Å².